The van der Waals surface area contributed by atoms with Gasteiger partial charge in [0.1, 0.15) is 11.4 Å². The summed E-state index contributed by atoms with van der Waals surface area (Å²) < 4.78 is 32.2. The first kappa shape index (κ1) is 22.3. The maximum absolute atomic E-state index is 12.7. The molecule has 3 aromatic carbocycles. The van der Waals surface area contributed by atoms with Crippen LogP contribution in [0.4, 0.5) is 11.4 Å². The van der Waals surface area contributed by atoms with Gasteiger partial charge in [-0.1, -0.05) is 71.9 Å². The number of hydrogen-bond acceptors (Lipinski definition) is 5. The number of carbonyl (C=O) groups is 1. The van der Waals surface area contributed by atoms with Crippen LogP contribution in [0.2, 0.25) is 0 Å². The number of benzene rings is 3. The van der Waals surface area contributed by atoms with Crippen molar-refractivity contribution in [1.29, 1.82) is 0 Å². The molecule has 1 N–H and O–H groups in total. The highest BCUT2D eigenvalue weighted by Gasteiger charge is 2.28. The molecule has 7 nitrogen and oxygen atoms in total. The number of para-hydroxylation sites is 1. The zero-order valence-corrected chi connectivity index (χ0v) is 18.9. The number of aromatic nitrogens is 1. The largest absolute Gasteiger partial charge is 0.481 e. The molecule has 0 fully saturated rings. The van der Waals surface area contributed by atoms with Crippen molar-refractivity contribution in [2.24, 2.45) is 0 Å². The van der Waals surface area contributed by atoms with Crippen LogP contribution in [0, 0.1) is 6.92 Å². The summed E-state index contributed by atoms with van der Waals surface area (Å²) in [5.74, 6) is -0.519. The van der Waals surface area contributed by atoms with Gasteiger partial charge in [-0.3, -0.25) is 4.79 Å². The minimum atomic E-state index is -3.67. The van der Waals surface area contributed by atoms with Gasteiger partial charge in [0.05, 0.1) is 18.4 Å². The van der Waals surface area contributed by atoms with Crippen LogP contribution in [0.3, 0.4) is 0 Å². The lowest BCUT2D eigenvalue weighted by molar-refractivity contribution is -0.136. The third-order valence-electron chi connectivity index (χ3n) is 5.15. The van der Waals surface area contributed by atoms with Gasteiger partial charge in [-0.15, -0.1) is 0 Å². The number of carboxylic acid groups (broad SMARTS) is 1. The zero-order chi connectivity index (χ0) is 23.6. The van der Waals surface area contributed by atoms with Gasteiger partial charge in [-0.05, 0) is 35.7 Å². The molecule has 0 aliphatic carbocycles. The number of sulfonamides is 1. The van der Waals surface area contributed by atoms with Crippen LogP contribution in [0.5, 0.6) is 0 Å². The molecule has 0 amide bonds. The van der Waals surface area contributed by atoms with Crippen molar-refractivity contribution in [3.63, 3.8) is 0 Å². The van der Waals surface area contributed by atoms with Crippen molar-refractivity contribution in [3.05, 3.63) is 90.1 Å². The lowest BCUT2D eigenvalue weighted by atomic mass is 10.0. The zero-order valence-electron chi connectivity index (χ0n) is 18.1. The molecule has 0 aliphatic heterocycles. The SMILES string of the molecule is Cc1noc(-c2ccc(-c3ccc(CC(=O)O)cc3)cc2)c1N(c1ccccc1)S(C)(=O)=O. The van der Waals surface area contributed by atoms with E-state index < -0.39 is 16.0 Å². The van der Waals surface area contributed by atoms with E-state index in [0.717, 1.165) is 22.9 Å². The third kappa shape index (κ3) is 4.80. The second kappa shape index (κ2) is 8.91. The average molecular weight is 463 g/mol. The van der Waals surface area contributed by atoms with Crippen LogP contribution in [0.15, 0.2) is 83.4 Å². The standard InChI is InChI=1S/C25H22N2O5S/c1-17-24(27(33(2,30)31)22-6-4-3-5-7-22)25(32-26-17)21-14-12-20(13-15-21)19-10-8-18(9-11-19)16-23(28)29/h3-15H,16H2,1-2H3,(H,28,29). The number of aryl methyl sites for hydroxylation is 1. The maximum Gasteiger partial charge on any atom is 0.307 e. The van der Waals surface area contributed by atoms with Crippen molar-refractivity contribution in [2.75, 3.05) is 10.6 Å². The summed E-state index contributed by atoms with van der Waals surface area (Å²) in [7, 11) is -3.67. The van der Waals surface area contributed by atoms with E-state index in [-0.39, 0.29) is 6.42 Å². The molecule has 0 spiro atoms. The summed E-state index contributed by atoms with van der Waals surface area (Å²) in [4.78, 5) is 10.9. The highest BCUT2D eigenvalue weighted by atomic mass is 32.2. The van der Waals surface area contributed by atoms with E-state index in [4.69, 9.17) is 9.63 Å². The lowest BCUT2D eigenvalue weighted by Crippen LogP contribution is -2.25. The van der Waals surface area contributed by atoms with Crippen molar-refractivity contribution >= 4 is 27.4 Å². The number of rotatable bonds is 7. The Kier molecular flexibility index (Phi) is 6.02. The smallest absolute Gasteiger partial charge is 0.307 e. The minimum absolute atomic E-state index is 0.0227. The fraction of sp³-hybridized carbons (Fsp3) is 0.120. The second-order valence-electron chi connectivity index (χ2n) is 7.65. The van der Waals surface area contributed by atoms with Crippen LogP contribution in [0.25, 0.3) is 22.5 Å². The monoisotopic (exact) mass is 462 g/mol. The van der Waals surface area contributed by atoms with E-state index in [9.17, 15) is 13.2 Å². The molecule has 8 heteroatoms. The molecule has 0 saturated carbocycles. The minimum Gasteiger partial charge on any atom is -0.481 e. The fourth-order valence-electron chi connectivity index (χ4n) is 3.65. The summed E-state index contributed by atoms with van der Waals surface area (Å²) in [6, 6.07) is 23.6. The lowest BCUT2D eigenvalue weighted by Gasteiger charge is -2.22. The van der Waals surface area contributed by atoms with Crippen molar-refractivity contribution in [3.8, 4) is 22.5 Å². The van der Waals surface area contributed by atoms with Gasteiger partial charge in [-0.2, -0.15) is 0 Å². The van der Waals surface area contributed by atoms with Crippen LogP contribution in [0.1, 0.15) is 11.3 Å². The second-order valence-corrected chi connectivity index (χ2v) is 9.48. The Bertz CT molecular complexity index is 1380. The Morgan fingerprint density at radius 1 is 0.909 bits per heavy atom. The van der Waals surface area contributed by atoms with E-state index in [1.807, 2.05) is 42.5 Å². The summed E-state index contributed by atoms with van der Waals surface area (Å²) in [5.41, 5.74) is 4.60. The van der Waals surface area contributed by atoms with E-state index in [1.165, 1.54) is 4.31 Å². The van der Waals surface area contributed by atoms with E-state index >= 15 is 0 Å². The third-order valence-corrected chi connectivity index (χ3v) is 6.20. The predicted octanol–water partition coefficient (Wildman–Crippen LogP) is 5.04. The molecule has 0 atom stereocenters. The summed E-state index contributed by atoms with van der Waals surface area (Å²) >= 11 is 0. The Hall–Kier alpha value is -3.91. The van der Waals surface area contributed by atoms with Gasteiger partial charge in [0, 0.05) is 5.56 Å². The van der Waals surface area contributed by atoms with E-state index in [2.05, 4.69) is 5.16 Å². The molecule has 168 valence electrons. The topological polar surface area (TPSA) is 101 Å². The van der Waals surface area contributed by atoms with Gasteiger partial charge in [-0.25, -0.2) is 12.7 Å². The molecule has 0 unspecified atom stereocenters. The van der Waals surface area contributed by atoms with Gasteiger partial charge in [0.15, 0.2) is 5.76 Å². The number of anilines is 2. The van der Waals surface area contributed by atoms with Crippen LogP contribution in [-0.4, -0.2) is 30.9 Å². The first-order valence-electron chi connectivity index (χ1n) is 10.2. The number of hydrogen-bond donors (Lipinski definition) is 1. The van der Waals surface area contributed by atoms with Crippen LogP contribution in [-0.2, 0) is 21.2 Å². The molecule has 33 heavy (non-hydrogen) atoms. The average Bonchev–Trinajstić information content (AvgIpc) is 3.15. The molecule has 0 radical (unpaired) electrons. The quantitative estimate of drug-likeness (QED) is 0.413. The van der Waals surface area contributed by atoms with E-state index in [1.54, 1.807) is 43.3 Å². The summed E-state index contributed by atoms with van der Waals surface area (Å²) in [6.07, 6.45) is 1.12. The van der Waals surface area contributed by atoms with Crippen molar-refractivity contribution < 1.29 is 22.8 Å². The molecule has 4 rings (SSSR count). The summed E-state index contributed by atoms with van der Waals surface area (Å²) in [6.45, 7) is 1.70. The molecule has 0 saturated heterocycles. The molecule has 1 heterocycles. The Labute approximate surface area is 192 Å². The number of carboxylic acids is 1. The first-order valence-corrected chi connectivity index (χ1v) is 12.0. The molecule has 0 aliphatic rings. The van der Waals surface area contributed by atoms with Gasteiger partial charge >= 0.3 is 5.97 Å². The Morgan fingerprint density at radius 3 is 2.00 bits per heavy atom. The van der Waals surface area contributed by atoms with Gasteiger partial charge < -0.3 is 9.63 Å². The molecule has 4 aromatic rings. The number of aliphatic carboxylic acids is 1. The molecule has 1 aromatic heterocycles. The van der Waals surface area contributed by atoms with Crippen molar-refractivity contribution in [2.45, 2.75) is 13.3 Å². The highest BCUT2D eigenvalue weighted by Crippen LogP contribution is 2.40. The molecular formula is C25H22N2O5S. The Morgan fingerprint density at radius 2 is 1.45 bits per heavy atom. The predicted molar refractivity (Wildman–Crippen MR) is 127 cm³/mol. The molecular weight excluding hydrogens is 440 g/mol. The Balaban J connectivity index is 1.71. The van der Waals surface area contributed by atoms with Crippen molar-refractivity contribution in [1.82, 2.24) is 5.16 Å². The molecule has 0 bridgehead atoms. The number of nitrogens with zero attached hydrogens (tertiary/aromatic N) is 2. The fourth-order valence-corrected chi connectivity index (χ4v) is 4.70. The van der Waals surface area contributed by atoms with Crippen LogP contribution >= 0.6 is 0 Å². The normalized spacial score (nSPS) is 11.3. The van der Waals surface area contributed by atoms with E-state index in [0.29, 0.717) is 28.4 Å². The summed E-state index contributed by atoms with van der Waals surface area (Å²) in [5, 5.41) is 13.0. The highest BCUT2D eigenvalue weighted by molar-refractivity contribution is 7.92. The first-order chi connectivity index (χ1) is 15.7. The van der Waals surface area contributed by atoms with Crippen LogP contribution < -0.4 is 4.31 Å². The van der Waals surface area contributed by atoms with Gasteiger partial charge in [0.25, 0.3) is 0 Å². The maximum atomic E-state index is 12.7. The van der Waals surface area contributed by atoms with Gasteiger partial charge in [0.2, 0.25) is 10.0 Å².